The van der Waals surface area contributed by atoms with Gasteiger partial charge in [0, 0.05) is 22.3 Å². The number of nitrogens with zero attached hydrogens (tertiary/aromatic N) is 4. The first-order chi connectivity index (χ1) is 9.65. The molecule has 1 fully saturated rings. The highest BCUT2D eigenvalue weighted by Crippen LogP contribution is 2.33. The molecule has 1 saturated carbocycles. The van der Waals surface area contributed by atoms with E-state index in [4.69, 9.17) is 5.73 Å². The second-order valence-electron chi connectivity index (χ2n) is 5.59. The van der Waals surface area contributed by atoms with Crippen molar-refractivity contribution in [2.75, 3.05) is 5.73 Å². The topological polar surface area (TPSA) is 69.6 Å². The number of aromatic nitrogens is 4. The molecule has 1 aromatic heterocycles. The lowest BCUT2D eigenvalue weighted by molar-refractivity contribution is 0.346. The van der Waals surface area contributed by atoms with Crippen molar-refractivity contribution >= 4 is 21.6 Å². The molecule has 2 atom stereocenters. The van der Waals surface area contributed by atoms with Gasteiger partial charge < -0.3 is 5.73 Å². The third-order valence-corrected chi connectivity index (χ3v) is 4.95. The number of tetrazole rings is 1. The molecule has 20 heavy (non-hydrogen) atoms. The van der Waals surface area contributed by atoms with Crippen molar-refractivity contribution in [1.29, 1.82) is 0 Å². The third-order valence-electron chi connectivity index (χ3n) is 4.23. The van der Waals surface area contributed by atoms with E-state index in [1.165, 1.54) is 19.3 Å². The van der Waals surface area contributed by atoms with Gasteiger partial charge in [0.15, 0.2) is 5.82 Å². The normalized spacial score (nSPS) is 22.3. The molecule has 6 heteroatoms. The minimum absolute atomic E-state index is 0.671. The van der Waals surface area contributed by atoms with E-state index in [-0.39, 0.29) is 0 Å². The second-order valence-corrected chi connectivity index (χ2v) is 6.44. The number of anilines is 1. The van der Waals surface area contributed by atoms with Crippen LogP contribution in [0, 0.1) is 11.8 Å². The zero-order valence-corrected chi connectivity index (χ0v) is 13.0. The zero-order chi connectivity index (χ0) is 14.1. The van der Waals surface area contributed by atoms with Crippen LogP contribution >= 0.6 is 15.9 Å². The minimum Gasteiger partial charge on any atom is -0.398 e. The fraction of sp³-hybridized carbons (Fsp3) is 0.500. The predicted molar refractivity (Wildman–Crippen MR) is 81.9 cm³/mol. The summed E-state index contributed by atoms with van der Waals surface area (Å²) in [5, 5.41) is 12.1. The molecule has 0 bridgehead atoms. The van der Waals surface area contributed by atoms with Crippen molar-refractivity contribution in [2.24, 2.45) is 11.8 Å². The van der Waals surface area contributed by atoms with E-state index in [1.54, 1.807) is 0 Å². The Kier molecular flexibility index (Phi) is 3.74. The predicted octanol–water partition coefficient (Wildman–Crippen LogP) is 3.12. The van der Waals surface area contributed by atoms with E-state index >= 15 is 0 Å². The molecule has 0 spiro atoms. The van der Waals surface area contributed by atoms with Gasteiger partial charge in [-0.25, -0.2) is 4.68 Å². The van der Waals surface area contributed by atoms with Gasteiger partial charge in [-0.15, -0.1) is 5.10 Å². The van der Waals surface area contributed by atoms with Gasteiger partial charge in [0.1, 0.15) is 0 Å². The number of nitrogens with two attached hydrogens (primary N) is 1. The highest BCUT2D eigenvalue weighted by atomic mass is 79.9. The summed E-state index contributed by atoms with van der Waals surface area (Å²) >= 11 is 3.41. The fourth-order valence-corrected chi connectivity index (χ4v) is 3.18. The largest absolute Gasteiger partial charge is 0.398 e. The van der Waals surface area contributed by atoms with E-state index in [1.807, 2.05) is 22.9 Å². The first kappa shape index (κ1) is 13.5. The zero-order valence-electron chi connectivity index (χ0n) is 11.5. The van der Waals surface area contributed by atoms with Crippen LogP contribution in [0.15, 0.2) is 22.7 Å². The Morgan fingerprint density at radius 2 is 2.25 bits per heavy atom. The summed E-state index contributed by atoms with van der Waals surface area (Å²) in [7, 11) is 0. The van der Waals surface area contributed by atoms with Crippen LogP contribution in [0.4, 0.5) is 5.69 Å². The van der Waals surface area contributed by atoms with Gasteiger partial charge in [-0.3, -0.25) is 0 Å². The summed E-state index contributed by atoms with van der Waals surface area (Å²) < 4.78 is 2.81. The lowest BCUT2D eigenvalue weighted by atomic mass is 9.98. The monoisotopic (exact) mass is 335 g/mol. The maximum atomic E-state index is 5.94. The molecule has 0 saturated heterocycles. The maximum Gasteiger partial charge on any atom is 0.182 e. The number of halogens is 1. The lowest BCUT2D eigenvalue weighted by Crippen LogP contribution is -2.15. The van der Waals surface area contributed by atoms with Crippen LogP contribution < -0.4 is 5.73 Å². The average molecular weight is 336 g/mol. The van der Waals surface area contributed by atoms with Gasteiger partial charge in [-0.2, -0.15) is 0 Å². The van der Waals surface area contributed by atoms with Crippen molar-refractivity contribution in [3.8, 4) is 11.4 Å². The highest BCUT2D eigenvalue weighted by molar-refractivity contribution is 9.10. The molecule has 1 heterocycles. The summed E-state index contributed by atoms with van der Waals surface area (Å²) in [4.78, 5) is 0. The van der Waals surface area contributed by atoms with Gasteiger partial charge in [-0.1, -0.05) is 19.8 Å². The van der Waals surface area contributed by atoms with Crippen molar-refractivity contribution in [3.63, 3.8) is 0 Å². The smallest absolute Gasteiger partial charge is 0.182 e. The fourth-order valence-electron chi connectivity index (χ4n) is 2.93. The van der Waals surface area contributed by atoms with Crippen LogP contribution in [0.25, 0.3) is 11.4 Å². The Labute approximate surface area is 126 Å². The van der Waals surface area contributed by atoms with E-state index in [2.05, 4.69) is 38.4 Å². The number of hydrogen-bond acceptors (Lipinski definition) is 4. The number of rotatable bonds is 3. The molecular weight excluding hydrogens is 318 g/mol. The van der Waals surface area contributed by atoms with Crippen LogP contribution in [0.3, 0.4) is 0 Å². The Morgan fingerprint density at radius 1 is 1.40 bits per heavy atom. The number of hydrogen-bond donors (Lipinski definition) is 1. The van der Waals surface area contributed by atoms with Gasteiger partial charge in [0.2, 0.25) is 0 Å². The third kappa shape index (κ3) is 2.57. The Morgan fingerprint density at radius 3 is 2.95 bits per heavy atom. The molecule has 2 aromatic rings. The van der Waals surface area contributed by atoms with Crippen molar-refractivity contribution < 1.29 is 0 Å². The lowest BCUT2D eigenvalue weighted by Gasteiger charge is -2.15. The Balaban J connectivity index is 1.87. The summed E-state index contributed by atoms with van der Waals surface area (Å²) in [5.41, 5.74) is 7.60. The molecule has 1 aliphatic rings. The van der Waals surface area contributed by atoms with Crippen LogP contribution in [-0.2, 0) is 6.54 Å². The van der Waals surface area contributed by atoms with E-state index < -0.39 is 0 Å². The van der Waals surface area contributed by atoms with Gasteiger partial charge in [-0.05, 0) is 62.8 Å². The average Bonchev–Trinajstić information content (AvgIpc) is 3.04. The standard InChI is InChI=1S/C14H18BrN5/c1-9-3-2-4-11(9)8-20-14(17-18-19-20)10-5-6-12(15)13(16)7-10/h5-7,9,11H,2-4,8,16H2,1H3. The minimum atomic E-state index is 0.671. The van der Waals surface area contributed by atoms with Crippen molar-refractivity contribution in [3.05, 3.63) is 22.7 Å². The number of benzene rings is 1. The van der Waals surface area contributed by atoms with Gasteiger partial charge >= 0.3 is 0 Å². The molecule has 106 valence electrons. The molecule has 1 aliphatic carbocycles. The van der Waals surface area contributed by atoms with Crippen LogP contribution in [0.5, 0.6) is 0 Å². The first-order valence-electron chi connectivity index (χ1n) is 6.96. The van der Waals surface area contributed by atoms with Gasteiger partial charge in [0.05, 0.1) is 0 Å². The second kappa shape index (κ2) is 5.52. The van der Waals surface area contributed by atoms with E-state index in [0.717, 1.165) is 28.3 Å². The molecule has 0 radical (unpaired) electrons. The van der Waals surface area contributed by atoms with Crippen molar-refractivity contribution in [1.82, 2.24) is 20.2 Å². The molecule has 5 nitrogen and oxygen atoms in total. The SMILES string of the molecule is CC1CCCC1Cn1nnnc1-c1ccc(Br)c(N)c1. The molecule has 2 unspecified atom stereocenters. The Bertz CT molecular complexity index is 609. The summed E-state index contributed by atoms with van der Waals surface area (Å²) in [6, 6.07) is 5.83. The number of nitrogen functional groups attached to an aromatic ring is 1. The molecule has 3 rings (SSSR count). The summed E-state index contributed by atoms with van der Waals surface area (Å²) in [5.74, 6) is 2.22. The van der Waals surface area contributed by atoms with E-state index in [9.17, 15) is 0 Å². The van der Waals surface area contributed by atoms with Crippen LogP contribution in [-0.4, -0.2) is 20.2 Å². The summed E-state index contributed by atoms with van der Waals surface area (Å²) in [6.45, 7) is 3.21. The molecule has 1 aromatic carbocycles. The van der Waals surface area contributed by atoms with Crippen LogP contribution in [0.1, 0.15) is 26.2 Å². The maximum absolute atomic E-state index is 5.94. The molecule has 0 amide bonds. The molecular formula is C14H18BrN5. The Hall–Kier alpha value is -1.43. The highest BCUT2D eigenvalue weighted by Gasteiger charge is 2.25. The summed E-state index contributed by atoms with van der Waals surface area (Å²) in [6.07, 6.45) is 3.89. The first-order valence-corrected chi connectivity index (χ1v) is 7.76. The van der Waals surface area contributed by atoms with Crippen LogP contribution in [0.2, 0.25) is 0 Å². The quantitative estimate of drug-likeness (QED) is 0.875. The molecule has 0 aliphatic heterocycles. The van der Waals surface area contributed by atoms with Crippen molar-refractivity contribution in [2.45, 2.75) is 32.7 Å². The van der Waals surface area contributed by atoms with Gasteiger partial charge in [0.25, 0.3) is 0 Å². The molecule has 2 N–H and O–H groups in total. The van der Waals surface area contributed by atoms with E-state index in [0.29, 0.717) is 11.6 Å².